The van der Waals surface area contributed by atoms with Gasteiger partial charge in [0.25, 0.3) is 0 Å². The molecule has 0 aliphatic carbocycles. The third-order valence-electron chi connectivity index (χ3n) is 4.86. The lowest BCUT2D eigenvalue weighted by molar-refractivity contribution is 0.262. The van der Waals surface area contributed by atoms with Crippen molar-refractivity contribution in [1.29, 1.82) is 0 Å². The minimum absolute atomic E-state index is 0.0399. The van der Waals surface area contributed by atoms with E-state index in [0.717, 1.165) is 10.7 Å². The second kappa shape index (κ2) is 9.08. The van der Waals surface area contributed by atoms with E-state index in [1.807, 2.05) is 29.8 Å². The number of benzene rings is 2. The number of nitrogens with one attached hydrogen (secondary N) is 2. The van der Waals surface area contributed by atoms with Crippen LogP contribution in [0.2, 0.25) is 0 Å². The van der Waals surface area contributed by atoms with Gasteiger partial charge in [0, 0.05) is 23.7 Å². The number of nitrogens with two attached hydrogens (primary N) is 1. The lowest BCUT2D eigenvalue weighted by Gasteiger charge is -2.15. The van der Waals surface area contributed by atoms with Crippen LogP contribution in [0.25, 0.3) is 0 Å². The molecule has 11 heteroatoms. The van der Waals surface area contributed by atoms with Gasteiger partial charge in [0.2, 0.25) is 10.0 Å². The van der Waals surface area contributed by atoms with Crippen LogP contribution in [0.3, 0.4) is 0 Å². The number of sulfonamides is 1. The Bertz CT molecular complexity index is 1220. The molecular weight excluding hydrogens is 436 g/mol. The van der Waals surface area contributed by atoms with Gasteiger partial charge in [0.15, 0.2) is 5.16 Å². The second-order valence-electron chi connectivity index (χ2n) is 7.10. The number of amides is 2. The van der Waals surface area contributed by atoms with Crippen LogP contribution >= 0.6 is 11.8 Å². The van der Waals surface area contributed by atoms with E-state index in [-0.39, 0.29) is 10.1 Å². The number of anilines is 2. The molecule has 0 saturated heterocycles. The van der Waals surface area contributed by atoms with Gasteiger partial charge in [0.1, 0.15) is 6.33 Å². The summed E-state index contributed by atoms with van der Waals surface area (Å²) in [6.45, 7) is 5.43. The molecule has 0 spiro atoms. The van der Waals surface area contributed by atoms with Crippen LogP contribution in [0.5, 0.6) is 0 Å². The molecule has 1 unspecified atom stereocenters. The number of aryl methyl sites for hydroxylation is 1. The van der Waals surface area contributed by atoms with Gasteiger partial charge < -0.3 is 15.2 Å². The van der Waals surface area contributed by atoms with Crippen LogP contribution in [-0.2, 0) is 17.1 Å². The molecule has 1 atom stereocenters. The highest BCUT2D eigenvalue weighted by Crippen LogP contribution is 2.34. The summed E-state index contributed by atoms with van der Waals surface area (Å²) in [7, 11) is -1.94. The van der Waals surface area contributed by atoms with Gasteiger partial charge in [-0.2, -0.15) is 0 Å². The Morgan fingerprint density at radius 2 is 1.90 bits per heavy atom. The van der Waals surface area contributed by atoms with Gasteiger partial charge in [-0.1, -0.05) is 23.9 Å². The zero-order chi connectivity index (χ0) is 22.8. The molecular formula is C20H24N6O3S2. The van der Waals surface area contributed by atoms with Gasteiger partial charge in [-0.3, -0.25) is 0 Å². The van der Waals surface area contributed by atoms with Crippen LogP contribution in [-0.4, -0.2) is 29.2 Å². The summed E-state index contributed by atoms with van der Waals surface area (Å²) >= 11 is 1.57. The maximum Gasteiger partial charge on any atom is 0.323 e. The zero-order valence-electron chi connectivity index (χ0n) is 17.6. The summed E-state index contributed by atoms with van der Waals surface area (Å²) in [6, 6.07) is 10.0. The number of urea groups is 1. The summed E-state index contributed by atoms with van der Waals surface area (Å²) < 4.78 is 25.2. The van der Waals surface area contributed by atoms with Crippen molar-refractivity contribution in [3.63, 3.8) is 0 Å². The first-order chi connectivity index (χ1) is 14.6. The Labute approximate surface area is 185 Å². The van der Waals surface area contributed by atoms with Gasteiger partial charge in [-0.15, -0.1) is 10.2 Å². The number of carbonyl (C=O) groups is 1. The molecule has 31 heavy (non-hydrogen) atoms. The molecule has 1 aromatic heterocycles. The lowest BCUT2D eigenvalue weighted by Crippen LogP contribution is -2.21. The molecule has 0 bridgehead atoms. The molecule has 0 radical (unpaired) electrons. The molecule has 2 amide bonds. The van der Waals surface area contributed by atoms with Crippen molar-refractivity contribution < 1.29 is 13.2 Å². The van der Waals surface area contributed by atoms with Crippen LogP contribution in [0.15, 0.2) is 52.8 Å². The molecule has 1 heterocycles. The molecule has 0 aliphatic rings. The predicted octanol–water partition coefficient (Wildman–Crippen LogP) is 3.58. The molecule has 9 nitrogen and oxygen atoms in total. The van der Waals surface area contributed by atoms with Crippen molar-refractivity contribution in [3.8, 4) is 0 Å². The van der Waals surface area contributed by atoms with Crippen molar-refractivity contribution in [2.75, 3.05) is 10.6 Å². The van der Waals surface area contributed by atoms with Crippen LogP contribution in [0.1, 0.15) is 28.9 Å². The summed E-state index contributed by atoms with van der Waals surface area (Å²) in [5.74, 6) is 0. The Balaban J connectivity index is 1.71. The highest BCUT2D eigenvalue weighted by Gasteiger charge is 2.16. The van der Waals surface area contributed by atoms with Gasteiger partial charge in [-0.25, -0.2) is 18.4 Å². The minimum Gasteiger partial charge on any atom is -0.312 e. The number of rotatable bonds is 6. The van der Waals surface area contributed by atoms with Crippen LogP contribution in [0, 0.1) is 13.8 Å². The highest BCUT2D eigenvalue weighted by molar-refractivity contribution is 7.99. The third kappa shape index (κ3) is 5.43. The van der Waals surface area contributed by atoms with Crippen molar-refractivity contribution in [1.82, 2.24) is 14.8 Å². The standard InChI is InChI=1S/C20H24N6O3S2/c1-12-13(2)18(31(21,28)29)9-8-17(12)24-19(27)23-16-7-5-6-15(10-16)14(3)30-20-25-22-11-26(20)4/h5-11,14H,1-4H3,(H2,21,28,29)(H2,23,24,27). The van der Waals surface area contributed by atoms with Crippen LogP contribution in [0.4, 0.5) is 16.2 Å². The maximum atomic E-state index is 12.5. The summed E-state index contributed by atoms with van der Waals surface area (Å²) in [4.78, 5) is 12.6. The number of thioether (sulfide) groups is 1. The van der Waals surface area contributed by atoms with E-state index in [1.54, 1.807) is 38.0 Å². The molecule has 0 saturated carbocycles. The second-order valence-corrected chi connectivity index (χ2v) is 9.93. The van der Waals surface area contributed by atoms with E-state index in [0.29, 0.717) is 22.5 Å². The smallest absolute Gasteiger partial charge is 0.312 e. The average Bonchev–Trinajstić information content (AvgIpc) is 3.09. The van der Waals surface area contributed by atoms with Gasteiger partial charge in [0.05, 0.1) is 4.90 Å². The Morgan fingerprint density at radius 1 is 1.16 bits per heavy atom. The average molecular weight is 461 g/mol. The normalized spacial score (nSPS) is 12.4. The summed E-state index contributed by atoms with van der Waals surface area (Å²) in [5.41, 5.74) is 3.29. The molecule has 2 aromatic carbocycles. The first-order valence-corrected chi connectivity index (χ1v) is 11.8. The minimum atomic E-state index is -3.82. The summed E-state index contributed by atoms with van der Waals surface area (Å²) in [5, 5.41) is 19.7. The van der Waals surface area contributed by atoms with E-state index in [2.05, 4.69) is 27.8 Å². The lowest BCUT2D eigenvalue weighted by atomic mass is 10.1. The number of primary sulfonamides is 1. The monoisotopic (exact) mass is 460 g/mol. The largest absolute Gasteiger partial charge is 0.323 e. The number of hydrogen-bond acceptors (Lipinski definition) is 6. The fourth-order valence-electron chi connectivity index (χ4n) is 3.00. The molecule has 164 valence electrons. The van der Waals surface area contributed by atoms with Gasteiger partial charge >= 0.3 is 6.03 Å². The Hall–Kier alpha value is -2.89. The van der Waals surface area contributed by atoms with Crippen molar-refractivity contribution in [2.24, 2.45) is 12.2 Å². The number of aromatic nitrogens is 3. The molecule has 0 fully saturated rings. The molecule has 3 rings (SSSR count). The SMILES string of the molecule is Cc1c(NC(=O)Nc2cccc(C(C)Sc3nncn3C)c2)ccc(S(N)(=O)=O)c1C. The van der Waals surface area contributed by atoms with E-state index in [9.17, 15) is 13.2 Å². The first kappa shape index (κ1) is 22.8. The van der Waals surface area contributed by atoms with Crippen molar-refractivity contribution in [2.45, 2.75) is 36.1 Å². The van der Waals surface area contributed by atoms with E-state index < -0.39 is 16.1 Å². The van der Waals surface area contributed by atoms with Crippen molar-refractivity contribution in [3.05, 3.63) is 59.4 Å². The van der Waals surface area contributed by atoms with Crippen molar-refractivity contribution >= 4 is 39.2 Å². The van der Waals surface area contributed by atoms with E-state index >= 15 is 0 Å². The summed E-state index contributed by atoms with van der Waals surface area (Å²) in [6.07, 6.45) is 1.65. The number of nitrogens with zero attached hydrogens (tertiary/aromatic N) is 3. The molecule has 0 aliphatic heterocycles. The maximum absolute atomic E-state index is 12.5. The predicted molar refractivity (Wildman–Crippen MR) is 122 cm³/mol. The van der Waals surface area contributed by atoms with E-state index in [1.165, 1.54) is 12.1 Å². The Kier molecular flexibility index (Phi) is 6.68. The van der Waals surface area contributed by atoms with Crippen LogP contribution < -0.4 is 15.8 Å². The Morgan fingerprint density at radius 3 is 2.55 bits per heavy atom. The fraction of sp³-hybridized carbons (Fsp3) is 0.250. The van der Waals surface area contributed by atoms with Gasteiger partial charge in [-0.05, 0) is 61.7 Å². The highest BCUT2D eigenvalue weighted by atomic mass is 32.2. The number of carbonyl (C=O) groups excluding carboxylic acids is 1. The third-order valence-corrected chi connectivity index (χ3v) is 7.12. The topological polar surface area (TPSA) is 132 Å². The zero-order valence-corrected chi connectivity index (χ0v) is 19.2. The quantitative estimate of drug-likeness (QED) is 0.482. The first-order valence-electron chi connectivity index (χ1n) is 9.38. The molecule has 4 N–H and O–H groups in total. The fourth-order valence-corrected chi connectivity index (χ4v) is 4.74. The molecule has 3 aromatic rings. The number of hydrogen-bond donors (Lipinski definition) is 3. The van der Waals surface area contributed by atoms with E-state index in [4.69, 9.17) is 5.14 Å².